The smallest absolute Gasteiger partial charge is 0.376 e. The summed E-state index contributed by atoms with van der Waals surface area (Å²) in [5.41, 5.74) is 0.239. The minimum absolute atomic E-state index is 0.239. The molecule has 0 spiro atoms. The quantitative estimate of drug-likeness (QED) is 0.477. The van der Waals surface area contributed by atoms with Crippen molar-refractivity contribution >= 4 is 29.1 Å². The van der Waals surface area contributed by atoms with E-state index in [-0.39, 0.29) is 10.6 Å². The van der Waals surface area contributed by atoms with Gasteiger partial charge in [0.1, 0.15) is 11.5 Å². The number of aliphatic carboxylic acids is 1. The molecule has 0 unspecified atom stereocenters. The predicted octanol–water partition coefficient (Wildman–Crippen LogP) is 2.68. The fourth-order valence-corrected chi connectivity index (χ4v) is 1.49. The molecule has 0 amide bonds. The molecular weight excluding hydrogens is 272 g/mol. The molecule has 0 fully saturated rings. The van der Waals surface area contributed by atoms with Gasteiger partial charge in [-0.2, -0.15) is 0 Å². The molecule has 1 aromatic carbocycles. The first kappa shape index (κ1) is 15.0. The molecule has 2 N–H and O–H groups in total. The first-order chi connectivity index (χ1) is 8.95. The van der Waals surface area contributed by atoms with E-state index in [0.29, 0.717) is 18.4 Å². The van der Waals surface area contributed by atoms with E-state index in [0.717, 1.165) is 6.42 Å². The summed E-state index contributed by atoms with van der Waals surface area (Å²) in [5.74, 6) is -2.85. The number of halogens is 1. The van der Waals surface area contributed by atoms with Gasteiger partial charge in [-0.15, -0.1) is 0 Å². The number of aliphatic hydroxyl groups is 1. The Morgan fingerprint density at radius 3 is 2.58 bits per heavy atom. The Morgan fingerprint density at radius 2 is 2.05 bits per heavy atom. The standard InChI is InChI=1S/C13H13ClO5/c1-2-5-19-12-4-3-8(6-9(12)14)10(15)7-11(16)13(17)18/h3-4,6-7,15H,2,5H2,1H3,(H,17,18)/b10-7-. The first-order valence-corrected chi connectivity index (χ1v) is 5.94. The van der Waals surface area contributed by atoms with Crippen LogP contribution >= 0.6 is 11.6 Å². The van der Waals surface area contributed by atoms with E-state index in [9.17, 15) is 14.7 Å². The van der Waals surface area contributed by atoms with Crippen LogP contribution in [0.3, 0.4) is 0 Å². The van der Waals surface area contributed by atoms with E-state index in [2.05, 4.69) is 0 Å². The van der Waals surface area contributed by atoms with Crippen molar-refractivity contribution in [1.29, 1.82) is 0 Å². The largest absolute Gasteiger partial charge is 0.507 e. The second-order valence-electron chi connectivity index (χ2n) is 3.69. The summed E-state index contributed by atoms with van der Waals surface area (Å²) in [6, 6.07) is 4.42. The molecule has 0 atom stereocenters. The number of ketones is 1. The van der Waals surface area contributed by atoms with Gasteiger partial charge < -0.3 is 14.9 Å². The molecule has 102 valence electrons. The molecule has 0 aliphatic carbocycles. The Balaban J connectivity index is 2.94. The van der Waals surface area contributed by atoms with Crippen LogP contribution in [0, 0.1) is 0 Å². The molecule has 6 heteroatoms. The monoisotopic (exact) mass is 284 g/mol. The Bertz CT molecular complexity index is 522. The van der Waals surface area contributed by atoms with Gasteiger partial charge in [0.05, 0.1) is 11.6 Å². The molecule has 19 heavy (non-hydrogen) atoms. The Hall–Kier alpha value is -2.01. The zero-order valence-corrected chi connectivity index (χ0v) is 11.0. The Kier molecular flexibility index (Phi) is 5.38. The lowest BCUT2D eigenvalue weighted by Gasteiger charge is -2.08. The molecule has 1 rings (SSSR count). The molecule has 1 aromatic rings. The topological polar surface area (TPSA) is 83.8 Å². The molecule has 0 aromatic heterocycles. The number of aliphatic hydroxyl groups excluding tert-OH is 1. The van der Waals surface area contributed by atoms with Gasteiger partial charge in [0.2, 0.25) is 0 Å². The summed E-state index contributed by atoms with van der Waals surface area (Å²) >= 11 is 5.94. The zero-order valence-electron chi connectivity index (χ0n) is 10.2. The maximum atomic E-state index is 10.9. The summed E-state index contributed by atoms with van der Waals surface area (Å²) in [5, 5.41) is 18.3. The number of rotatable bonds is 6. The van der Waals surface area contributed by atoms with Gasteiger partial charge in [0.15, 0.2) is 0 Å². The highest BCUT2D eigenvalue weighted by molar-refractivity contribution is 6.38. The fraction of sp³-hybridized carbons (Fsp3) is 0.231. The van der Waals surface area contributed by atoms with Crippen LogP contribution in [-0.2, 0) is 9.59 Å². The van der Waals surface area contributed by atoms with E-state index >= 15 is 0 Å². The van der Waals surface area contributed by atoms with Crippen molar-refractivity contribution in [2.45, 2.75) is 13.3 Å². The second kappa shape index (κ2) is 6.80. The van der Waals surface area contributed by atoms with Gasteiger partial charge in [-0.25, -0.2) is 4.79 Å². The summed E-state index contributed by atoms with van der Waals surface area (Å²) in [6.45, 7) is 2.47. The Morgan fingerprint density at radius 1 is 1.37 bits per heavy atom. The average Bonchev–Trinajstić information content (AvgIpc) is 2.36. The van der Waals surface area contributed by atoms with Crippen molar-refractivity contribution < 1.29 is 24.5 Å². The highest BCUT2D eigenvalue weighted by atomic mass is 35.5. The van der Waals surface area contributed by atoms with Gasteiger partial charge in [-0.05, 0) is 24.6 Å². The van der Waals surface area contributed by atoms with Crippen LogP contribution in [0.15, 0.2) is 24.3 Å². The molecule has 5 nitrogen and oxygen atoms in total. The van der Waals surface area contributed by atoms with E-state index < -0.39 is 17.5 Å². The van der Waals surface area contributed by atoms with Crippen molar-refractivity contribution in [3.8, 4) is 5.75 Å². The van der Waals surface area contributed by atoms with E-state index in [4.69, 9.17) is 21.4 Å². The highest BCUT2D eigenvalue weighted by Gasteiger charge is 2.11. The molecule has 0 heterocycles. The third-order valence-electron chi connectivity index (χ3n) is 2.17. The number of carbonyl (C=O) groups excluding carboxylic acids is 1. The van der Waals surface area contributed by atoms with Crippen LogP contribution < -0.4 is 4.74 Å². The van der Waals surface area contributed by atoms with Crippen LogP contribution in [0.4, 0.5) is 0 Å². The minimum atomic E-state index is -1.64. The fourth-order valence-electron chi connectivity index (χ4n) is 1.26. The summed E-state index contributed by atoms with van der Waals surface area (Å²) in [6.07, 6.45) is 1.46. The van der Waals surface area contributed by atoms with Crippen LogP contribution in [0.5, 0.6) is 5.75 Å². The molecule has 0 radical (unpaired) electrons. The number of ether oxygens (including phenoxy) is 1. The van der Waals surface area contributed by atoms with Crippen molar-refractivity contribution in [2.24, 2.45) is 0 Å². The predicted molar refractivity (Wildman–Crippen MR) is 70.5 cm³/mol. The van der Waals surface area contributed by atoms with Crippen molar-refractivity contribution in [3.05, 3.63) is 34.9 Å². The van der Waals surface area contributed by atoms with Crippen LogP contribution in [0.2, 0.25) is 5.02 Å². The maximum Gasteiger partial charge on any atom is 0.376 e. The van der Waals surface area contributed by atoms with Gasteiger partial charge in [-0.3, -0.25) is 4.79 Å². The number of carboxylic acid groups (broad SMARTS) is 1. The van der Waals surface area contributed by atoms with Crippen molar-refractivity contribution in [1.82, 2.24) is 0 Å². The Labute approximate surface area is 115 Å². The third kappa shape index (κ3) is 4.30. The number of hydrogen-bond donors (Lipinski definition) is 2. The van der Waals surface area contributed by atoms with E-state index in [1.165, 1.54) is 12.1 Å². The third-order valence-corrected chi connectivity index (χ3v) is 2.46. The zero-order chi connectivity index (χ0) is 14.4. The number of hydrogen-bond acceptors (Lipinski definition) is 4. The number of benzene rings is 1. The normalized spacial score (nSPS) is 11.2. The van der Waals surface area contributed by atoms with Gasteiger partial charge in [0.25, 0.3) is 5.78 Å². The summed E-state index contributed by atoms with van der Waals surface area (Å²) in [4.78, 5) is 21.3. The summed E-state index contributed by atoms with van der Waals surface area (Å²) < 4.78 is 5.35. The lowest BCUT2D eigenvalue weighted by atomic mass is 10.1. The average molecular weight is 285 g/mol. The van der Waals surface area contributed by atoms with Gasteiger partial charge in [0, 0.05) is 11.6 Å². The number of carbonyl (C=O) groups is 2. The van der Waals surface area contributed by atoms with Gasteiger partial charge >= 0.3 is 5.97 Å². The van der Waals surface area contributed by atoms with Crippen LogP contribution in [0.1, 0.15) is 18.9 Å². The lowest BCUT2D eigenvalue weighted by Crippen LogP contribution is -2.09. The van der Waals surface area contributed by atoms with Crippen molar-refractivity contribution in [2.75, 3.05) is 6.61 Å². The van der Waals surface area contributed by atoms with Gasteiger partial charge in [-0.1, -0.05) is 18.5 Å². The molecule has 0 saturated carbocycles. The van der Waals surface area contributed by atoms with Crippen LogP contribution in [0.25, 0.3) is 5.76 Å². The minimum Gasteiger partial charge on any atom is -0.507 e. The number of carboxylic acids is 1. The van der Waals surface area contributed by atoms with Crippen molar-refractivity contribution in [3.63, 3.8) is 0 Å². The molecule has 0 aliphatic heterocycles. The SMILES string of the molecule is CCCOc1ccc(/C(O)=C/C(=O)C(=O)O)cc1Cl. The van der Waals surface area contributed by atoms with E-state index in [1.807, 2.05) is 6.92 Å². The molecule has 0 aliphatic rings. The van der Waals surface area contributed by atoms with E-state index in [1.54, 1.807) is 6.07 Å². The summed E-state index contributed by atoms with van der Waals surface area (Å²) in [7, 11) is 0. The first-order valence-electron chi connectivity index (χ1n) is 5.56. The molecule has 0 saturated heterocycles. The second-order valence-corrected chi connectivity index (χ2v) is 4.10. The molecular formula is C13H13ClO5. The molecule has 0 bridgehead atoms. The lowest BCUT2D eigenvalue weighted by molar-refractivity contribution is -0.146. The highest BCUT2D eigenvalue weighted by Crippen LogP contribution is 2.27. The van der Waals surface area contributed by atoms with Crippen LogP contribution in [-0.4, -0.2) is 28.6 Å². The maximum absolute atomic E-state index is 10.9.